The average Bonchev–Trinajstić information content (AvgIpc) is 2.95. The summed E-state index contributed by atoms with van der Waals surface area (Å²) >= 11 is 1.47. The van der Waals surface area contributed by atoms with Gasteiger partial charge in [0.05, 0.1) is 10.7 Å². The molecule has 0 spiro atoms. The molecule has 1 aliphatic heterocycles. The van der Waals surface area contributed by atoms with E-state index < -0.39 is 30.5 Å². The van der Waals surface area contributed by atoms with Gasteiger partial charge in [-0.15, -0.1) is 11.3 Å². The summed E-state index contributed by atoms with van der Waals surface area (Å²) in [6, 6.07) is 0. The van der Waals surface area contributed by atoms with Gasteiger partial charge in [-0.1, -0.05) is 6.92 Å². The Morgan fingerprint density at radius 2 is 2.30 bits per heavy atom. The molecule has 1 aromatic heterocycles. The van der Waals surface area contributed by atoms with Crippen molar-refractivity contribution >= 4 is 17.3 Å². The Morgan fingerprint density at radius 1 is 1.60 bits per heavy atom. The van der Waals surface area contributed by atoms with Crippen LogP contribution in [0.15, 0.2) is 5.38 Å². The molecule has 1 aromatic rings. The number of carbonyl (C=O) groups is 1. The lowest BCUT2D eigenvalue weighted by atomic mass is 9.86. The lowest BCUT2D eigenvalue weighted by molar-refractivity contribution is -0.227. The van der Waals surface area contributed by atoms with Gasteiger partial charge in [0.15, 0.2) is 5.41 Å². The summed E-state index contributed by atoms with van der Waals surface area (Å²) in [6.45, 7) is 1.83. The Hall–Kier alpha value is -1.15. The number of aryl methyl sites for hydroxylation is 1. The van der Waals surface area contributed by atoms with Crippen molar-refractivity contribution in [2.45, 2.75) is 32.5 Å². The highest BCUT2D eigenvalue weighted by atomic mass is 32.1. The van der Waals surface area contributed by atoms with Gasteiger partial charge in [0, 0.05) is 25.0 Å². The zero-order valence-corrected chi connectivity index (χ0v) is 11.7. The second-order valence-corrected chi connectivity index (χ2v) is 5.87. The summed E-state index contributed by atoms with van der Waals surface area (Å²) in [5, 5.41) is 11.7. The number of carboxylic acids is 1. The van der Waals surface area contributed by atoms with Crippen LogP contribution in [0.3, 0.4) is 0 Å². The zero-order valence-electron chi connectivity index (χ0n) is 10.9. The summed E-state index contributed by atoms with van der Waals surface area (Å²) in [7, 11) is 0. The SMILES string of the molecule is CCc1nc(CN2CCC(C(=O)O)(C(F)(F)F)C2)cs1. The number of nitrogens with zero attached hydrogens (tertiary/aromatic N) is 2. The minimum Gasteiger partial charge on any atom is -0.481 e. The van der Waals surface area contributed by atoms with Gasteiger partial charge >= 0.3 is 12.1 Å². The van der Waals surface area contributed by atoms with Crippen LogP contribution in [0.2, 0.25) is 0 Å². The number of alkyl halides is 3. The molecule has 1 atom stereocenters. The van der Waals surface area contributed by atoms with Crippen LogP contribution in [-0.2, 0) is 17.8 Å². The maximum atomic E-state index is 13.0. The molecule has 0 aromatic carbocycles. The molecule has 2 heterocycles. The van der Waals surface area contributed by atoms with E-state index in [0.717, 1.165) is 11.4 Å². The minimum absolute atomic E-state index is 0.116. The highest BCUT2D eigenvalue weighted by molar-refractivity contribution is 7.09. The Kier molecular flexibility index (Phi) is 4.06. The predicted octanol–water partition coefficient (Wildman–Crippen LogP) is 2.54. The van der Waals surface area contributed by atoms with Crippen molar-refractivity contribution in [1.82, 2.24) is 9.88 Å². The third-order valence-electron chi connectivity index (χ3n) is 3.59. The standard InChI is InChI=1S/C12H15F3N2O2S/c1-2-9-16-8(6-20-9)5-17-4-3-11(7-17,10(18)19)12(13,14)15/h6H,2-5,7H2,1H3,(H,18,19). The van der Waals surface area contributed by atoms with Gasteiger partial charge in [0.1, 0.15) is 0 Å². The van der Waals surface area contributed by atoms with Gasteiger partial charge in [-0.3, -0.25) is 9.69 Å². The minimum atomic E-state index is -4.73. The van der Waals surface area contributed by atoms with Crippen LogP contribution in [0, 0.1) is 5.41 Å². The Bertz CT molecular complexity index is 503. The van der Waals surface area contributed by atoms with E-state index in [1.165, 1.54) is 16.2 Å². The fraction of sp³-hybridized carbons (Fsp3) is 0.667. The Labute approximate surface area is 118 Å². The summed E-state index contributed by atoms with van der Waals surface area (Å²) in [5.74, 6) is -1.79. The van der Waals surface area contributed by atoms with E-state index in [1.54, 1.807) is 0 Å². The van der Waals surface area contributed by atoms with Crippen LogP contribution >= 0.6 is 11.3 Å². The van der Waals surface area contributed by atoms with Gasteiger partial charge in [0.2, 0.25) is 0 Å². The van der Waals surface area contributed by atoms with E-state index >= 15 is 0 Å². The molecular formula is C12H15F3N2O2S. The van der Waals surface area contributed by atoms with Crippen molar-refractivity contribution in [3.63, 3.8) is 0 Å². The second kappa shape index (κ2) is 5.33. The number of aromatic nitrogens is 1. The predicted molar refractivity (Wildman–Crippen MR) is 67.5 cm³/mol. The first kappa shape index (κ1) is 15.2. The number of carboxylic acid groups (broad SMARTS) is 1. The summed E-state index contributed by atoms with van der Waals surface area (Å²) in [6.07, 6.45) is -4.35. The van der Waals surface area contributed by atoms with Gasteiger partial charge in [-0.2, -0.15) is 13.2 Å². The van der Waals surface area contributed by atoms with E-state index in [0.29, 0.717) is 5.69 Å². The number of halogens is 3. The van der Waals surface area contributed by atoms with E-state index in [1.807, 2.05) is 12.3 Å². The van der Waals surface area contributed by atoms with Gasteiger partial charge in [0.25, 0.3) is 0 Å². The molecule has 0 bridgehead atoms. The molecule has 0 aliphatic carbocycles. The fourth-order valence-electron chi connectivity index (χ4n) is 2.36. The van der Waals surface area contributed by atoms with Gasteiger partial charge in [-0.25, -0.2) is 4.98 Å². The van der Waals surface area contributed by atoms with Crippen LogP contribution < -0.4 is 0 Å². The van der Waals surface area contributed by atoms with Crippen LogP contribution in [0.4, 0.5) is 13.2 Å². The first-order valence-corrected chi connectivity index (χ1v) is 7.12. The van der Waals surface area contributed by atoms with Crippen molar-refractivity contribution < 1.29 is 23.1 Å². The molecule has 0 saturated carbocycles. The molecule has 2 rings (SSSR count). The zero-order chi connectivity index (χ0) is 15.0. The average molecular weight is 308 g/mol. The van der Waals surface area contributed by atoms with Crippen LogP contribution in [0.1, 0.15) is 24.0 Å². The smallest absolute Gasteiger partial charge is 0.406 e. The normalized spacial score (nSPS) is 24.2. The lowest BCUT2D eigenvalue weighted by Gasteiger charge is -2.27. The topological polar surface area (TPSA) is 53.4 Å². The summed E-state index contributed by atoms with van der Waals surface area (Å²) in [5.41, 5.74) is -1.94. The quantitative estimate of drug-likeness (QED) is 0.929. The van der Waals surface area contributed by atoms with E-state index in [9.17, 15) is 18.0 Å². The van der Waals surface area contributed by atoms with E-state index in [4.69, 9.17) is 5.11 Å². The first-order chi connectivity index (χ1) is 9.28. The fourth-order valence-corrected chi connectivity index (χ4v) is 3.10. The third-order valence-corrected chi connectivity index (χ3v) is 4.63. The lowest BCUT2D eigenvalue weighted by Crippen LogP contribution is -2.47. The molecule has 0 amide bonds. The molecule has 1 unspecified atom stereocenters. The molecular weight excluding hydrogens is 293 g/mol. The monoisotopic (exact) mass is 308 g/mol. The Balaban J connectivity index is 2.09. The van der Waals surface area contributed by atoms with Crippen molar-refractivity contribution in [3.8, 4) is 0 Å². The van der Waals surface area contributed by atoms with Crippen molar-refractivity contribution in [1.29, 1.82) is 0 Å². The van der Waals surface area contributed by atoms with Gasteiger partial charge < -0.3 is 5.11 Å². The largest absolute Gasteiger partial charge is 0.481 e. The molecule has 1 fully saturated rings. The number of aliphatic carboxylic acids is 1. The summed E-state index contributed by atoms with van der Waals surface area (Å²) < 4.78 is 39.0. The third kappa shape index (κ3) is 2.67. The molecule has 1 saturated heterocycles. The number of likely N-dealkylation sites (tertiary alicyclic amines) is 1. The first-order valence-electron chi connectivity index (χ1n) is 6.24. The number of thiazole rings is 1. The van der Waals surface area contributed by atoms with Gasteiger partial charge in [-0.05, 0) is 12.8 Å². The Morgan fingerprint density at radius 3 is 2.75 bits per heavy atom. The number of rotatable bonds is 4. The maximum Gasteiger partial charge on any atom is 0.406 e. The van der Waals surface area contributed by atoms with E-state index in [-0.39, 0.29) is 13.1 Å². The molecule has 8 heteroatoms. The van der Waals surface area contributed by atoms with Crippen LogP contribution in [0.5, 0.6) is 0 Å². The molecule has 1 aliphatic rings. The van der Waals surface area contributed by atoms with Crippen LogP contribution in [0.25, 0.3) is 0 Å². The molecule has 112 valence electrons. The summed E-state index contributed by atoms with van der Waals surface area (Å²) in [4.78, 5) is 16.9. The van der Waals surface area contributed by atoms with Crippen molar-refractivity contribution in [2.24, 2.45) is 5.41 Å². The molecule has 20 heavy (non-hydrogen) atoms. The maximum absolute atomic E-state index is 13.0. The van der Waals surface area contributed by atoms with Crippen LogP contribution in [-0.4, -0.2) is 40.2 Å². The van der Waals surface area contributed by atoms with Crippen molar-refractivity contribution in [2.75, 3.05) is 13.1 Å². The number of hydrogen-bond acceptors (Lipinski definition) is 4. The molecule has 0 radical (unpaired) electrons. The molecule has 4 nitrogen and oxygen atoms in total. The molecule has 1 N–H and O–H groups in total. The highest BCUT2D eigenvalue weighted by Crippen LogP contribution is 2.45. The number of hydrogen-bond donors (Lipinski definition) is 1. The van der Waals surface area contributed by atoms with E-state index in [2.05, 4.69) is 4.98 Å². The highest BCUT2D eigenvalue weighted by Gasteiger charge is 2.63. The second-order valence-electron chi connectivity index (χ2n) is 4.93. The van der Waals surface area contributed by atoms with Crippen molar-refractivity contribution in [3.05, 3.63) is 16.1 Å².